The van der Waals surface area contributed by atoms with E-state index in [-0.39, 0.29) is 0 Å². The Bertz CT molecular complexity index is 331. The summed E-state index contributed by atoms with van der Waals surface area (Å²) >= 11 is 0. The molecule has 0 aromatic carbocycles. The summed E-state index contributed by atoms with van der Waals surface area (Å²) in [5.74, 6) is 1.94. The van der Waals surface area contributed by atoms with Gasteiger partial charge in [0.2, 0.25) is 0 Å². The van der Waals surface area contributed by atoms with Gasteiger partial charge in [-0.3, -0.25) is 0 Å². The van der Waals surface area contributed by atoms with E-state index in [1.54, 1.807) is 0 Å². The third-order valence-electron chi connectivity index (χ3n) is 3.15. The van der Waals surface area contributed by atoms with Gasteiger partial charge in [-0.05, 0) is 39.7 Å². The first kappa shape index (κ1) is 10.6. The maximum Gasteiger partial charge on any atom is 0.147 e. The molecule has 0 bridgehead atoms. The summed E-state index contributed by atoms with van der Waals surface area (Å²) in [4.78, 5) is 4.36. The summed E-state index contributed by atoms with van der Waals surface area (Å²) in [6.45, 7) is 7.23. The number of nitrogens with one attached hydrogen (secondary N) is 1. The molecule has 15 heavy (non-hydrogen) atoms. The highest BCUT2D eigenvalue weighted by Crippen LogP contribution is 2.30. The van der Waals surface area contributed by atoms with Crippen LogP contribution in [-0.4, -0.2) is 27.4 Å². The average Bonchev–Trinajstić information content (AvgIpc) is 2.73. The zero-order chi connectivity index (χ0) is 10.8. The third-order valence-corrected chi connectivity index (χ3v) is 3.15. The maximum absolute atomic E-state index is 4.46. The van der Waals surface area contributed by atoms with Gasteiger partial charge >= 0.3 is 0 Å². The van der Waals surface area contributed by atoms with Crippen molar-refractivity contribution >= 4 is 0 Å². The molecule has 0 radical (unpaired) electrons. The lowest BCUT2D eigenvalue weighted by Gasteiger charge is -2.13. The van der Waals surface area contributed by atoms with Crippen molar-refractivity contribution in [2.24, 2.45) is 0 Å². The second-order valence-electron chi connectivity index (χ2n) is 4.37. The van der Waals surface area contributed by atoms with E-state index in [2.05, 4.69) is 27.0 Å². The number of aryl methyl sites for hydroxylation is 2. The molecule has 2 unspecified atom stereocenters. The quantitative estimate of drug-likeness (QED) is 0.820. The van der Waals surface area contributed by atoms with Crippen LogP contribution in [0, 0.1) is 13.8 Å². The minimum atomic E-state index is 0.551. The summed E-state index contributed by atoms with van der Waals surface area (Å²) < 4.78 is 2.10. The van der Waals surface area contributed by atoms with Crippen LogP contribution in [0.4, 0.5) is 0 Å². The van der Waals surface area contributed by atoms with Gasteiger partial charge in [-0.2, -0.15) is 5.10 Å². The number of hydrogen-bond acceptors (Lipinski definition) is 3. The fraction of sp³-hybridized carbons (Fsp3) is 0.818. The van der Waals surface area contributed by atoms with Gasteiger partial charge in [0.05, 0.1) is 6.04 Å². The Balaban J connectivity index is 2.04. The first-order valence-electron chi connectivity index (χ1n) is 5.83. The van der Waals surface area contributed by atoms with Crippen LogP contribution in [0.15, 0.2) is 0 Å². The van der Waals surface area contributed by atoms with Crippen LogP contribution < -0.4 is 5.32 Å². The SMILES string of the molecule is CCNC1CCC(n2nc(C)nc2C)C1. The normalized spacial score (nSPS) is 26.1. The Morgan fingerprint density at radius 3 is 2.80 bits per heavy atom. The van der Waals surface area contributed by atoms with Gasteiger partial charge in [0.25, 0.3) is 0 Å². The second kappa shape index (κ2) is 4.31. The zero-order valence-corrected chi connectivity index (χ0v) is 9.82. The lowest BCUT2D eigenvalue weighted by atomic mass is 10.2. The molecule has 0 aliphatic heterocycles. The Labute approximate surface area is 91.1 Å². The van der Waals surface area contributed by atoms with Gasteiger partial charge in [0.15, 0.2) is 0 Å². The van der Waals surface area contributed by atoms with Crippen molar-refractivity contribution in [3.05, 3.63) is 11.6 Å². The van der Waals surface area contributed by atoms with Gasteiger partial charge in [-0.1, -0.05) is 6.92 Å². The van der Waals surface area contributed by atoms with Gasteiger partial charge in [-0.15, -0.1) is 0 Å². The Kier molecular flexibility index (Phi) is 3.05. The number of rotatable bonds is 3. The molecule has 1 saturated carbocycles. The molecule has 0 saturated heterocycles. The van der Waals surface area contributed by atoms with E-state index >= 15 is 0 Å². The van der Waals surface area contributed by atoms with Crippen molar-refractivity contribution in [3.63, 3.8) is 0 Å². The van der Waals surface area contributed by atoms with Gasteiger partial charge in [0, 0.05) is 6.04 Å². The topological polar surface area (TPSA) is 42.7 Å². The van der Waals surface area contributed by atoms with E-state index in [9.17, 15) is 0 Å². The molecule has 1 fully saturated rings. The Morgan fingerprint density at radius 1 is 1.40 bits per heavy atom. The average molecular weight is 208 g/mol. The standard InChI is InChI=1S/C11H20N4/c1-4-12-10-5-6-11(7-10)15-9(3)13-8(2)14-15/h10-12H,4-7H2,1-3H3. The molecule has 2 atom stereocenters. The summed E-state index contributed by atoms with van der Waals surface area (Å²) in [5.41, 5.74) is 0. The van der Waals surface area contributed by atoms with E-state index < -0.39 is 0 Å². The molecule has 1 heterocycles. The van der Waals surface area contributed by atoms with Crippen LogP contribution in [0.5, 0.6) is 0 Å². The first-order chi connectivity index (χ1) is 7.20. The lowest BCUT2D eigenvalue weighted by Crippen LogP contribution is -2.26. The molecule has 4 nitrogen and oxygen atoms in total. The molecule has 1 aromatic heterocycles. The molecule has 0 amide bonds. The van der Waals surface area contributed by atoms with Crippen molar-refractivity contribution in [1.82, 2.24) is 20.1 Å². The van der Waals surface area contributed by atoms with Crippen LogP contribution >= 0.6 is 0 Å². The predicted octanol–water partition coefficient (Wildman–Crippen LogP) is 1.60. The van der Waals surface area contributed by atoms with Crippen LogP contribution in [0.25, 0.3) is 0 Å². The van der Waals surface area contributed by atoms with Gasteiger partial charge in [-0.25, -0.2) is 9.67 Å². The Morgan fingerprint density at radius 2 is 2.20 bits per heavy atom. The minimum Gasteiger partial charge on any atom is -0.314 e. The van der Waals surface area contributed by atoms with E-state index in [1.807, 2.05) is 13.8 Å². The fourth-order valence-corrected chi connectivity index (χ4v) is 2.54. The smallest absolute Gasteiger partial charge is 0.147 e. The van der Waals surface area contributed by atoms with Crippen LogP contribution in [-0.2, 0) is 0 Å². The summed E-state index contributed by atoms with van der Waals surface area (Å²) in [7, 11) is 0. The van der Waals surface area contributed by atoms with Gasteiger partial charge < -0.3 is 5.32 Å². The largest absolute Gasteiger partial charge is 0.314 e. The fourth-order valence-electron chi connectivity index (χ4n) is 2.54. The summed E-state index contributed by atoms with van der Waals surface area (Å²) in [6, 6.07) is 1.22. The van der Waals surface area contributed by atoms with E-state index in [4.69, 9.17) is 0 Å². The lowest BCUT2D eigenvalue weighted by molar-refractivity contribution is 0.434. The zero-order valence-electron chi connectivity index (χ0n) is 9.82. The summed E-state index contributed by atoms with van der Waals surface area (Å²) in [6.07, 6.45) is 3.68. The molecule has 1 aliphatic rings. The van der Waals surface area contributed by atoms with Crippen molar-refractivity contribution < 1.29 is 0 Å². The maximum atomic E-state index is 4.46. The summed E-state index contributed by atoms with van der Waals surface area (Å²) in [5, 5.41) is 7.97. The minimum absolute atomic E-state index is 0.551. The number of aromatic nitrogens is 3. The Hall–Kier alpha value is -0.900. The van der Waals surface area contributed by atoms with Crippen molar-refractivity contribution in [1.29, 1.82) is 0 Å². The number of nitrogens with zero attached hydrogens (tertiary/aromatic N) is 3. The third kappa shape index (κ3) is 2.20. The van der Waals surface area contributed by atoms with Crippen molar-refractivity contribution in [2.75, 3.05) is 6.54 Å². The predicted molar refractivity (Wildman–Crippen MR) is 59.8 cm³/mol. The molecule has 0 spiro atoms. The molecule has 84 valence electrons. The monoisotopic (exact) mass is 208 g/mol. The molecule has 2 rings (SSSR count). The first-order valence-corrected chi connectivity index (χ1v) is 5.83. The van der Waals surface area contributed by atoms with Crippen LogP contribution in [0.3, 0.4) is 0 Å². The van der Waals surface area contributed by atoms with E-state index in [1.165, 1.54) is 19.3 Å². The highest BCUT2D eigenvalue weighted by molar-refractivity contribution is 4.93. The van der Waals surface area contributed by atoms with Gasteiger partial charge in [0.1, 0.15) is 11.6 Å². The molecule has 1 N–H and O–H groups in total. The van der Waals surface area contributed by atoms with Crippen molar-refractivity contribution in [3.8, 4) is 0 Å². The van der Waals surface area contributed by atoms with E-state index in [0.717, 1.165) is 18.2 Å². The second-order valence-corrected chi connectivity index (χ2v) is 4.37. The highest BCUT2D eigenvalue weighted by Gasteiger charge is 2.26. The van der Waals surface area contributed by atoms with Crippen LogP contribution in [0.1, 0.15) is 43.9 Å². The number of hydrogen-bond donors (Lipinski definition) is 1. The van der Waals surface area contributed by atoms with Crippen molar-refractivity contribution in [2.45, 2.75) is 52.1 Å². The molecule has 1 aliphatic carbocycles. The molecule has 1 aromatic rings. The van der Waals surface area contributed by atoms with E-state index in [0.29, 0.717) is 12.1 Å². The van der Waals surface area contributed by atoms with Crippen LogP contribution in [0.2, 0.25) is 0 Å². The molecular formula is C11H20N4. The molecule has 4 heteroatoms. The molecular weight excluding hydrogens is 188 g/mol. The highest BCUT2D eigenvalue weighted by atomic mass is 15.4.